The van der Waals surface area contributed by atoms with Crippen molar-refractivity contribution in [3.63, 3.8) is 0 Å². The van der Waals surface area contributed by atoms with Crippen LogP contribution in [0.4, 0.5) is 0 Å². The minimum absolute atomic E-state index is 0.0125. The molecule has 0 aliphatic heterocycles. The third-order valence-electron chi connectivity index (χ3n) is 12.5. The van der Waals surface area contributed by atoms with E-state index in [1.807, 2.05) is 21.1 Å². The molecule has 0 aliphatic carbocycles. The predicted octanol–water partition coefficient (Wildman–Crippen LogP) is 15.2. The minimum atomic E-state index is -4.56. The molecule has 0 spiro atoms. The van der Waals surface area contributed by atoms with E-state index in [-0.39, 0.29) is 19.1 Å². The lowest BCUT2D eigenvalue weighted by molar-refractivity contribution is -0.870. The van der Waals surface area contributed by atoms with Crippen LogP contribution in [0.5, 0.6) is 0 Å². The van der Waals surface area contributed by atoms with E-state index in [4.69, 9.17) is 9.05 Å². The zero-order valence-corrected chi connectivity index (χ0v) is 43.0. The molecule has 0 aliphatic rings. The Hall–Kier alpha value is -0.760. The number of hydrogen-bond donors (Lipinski definition) is 2. The van der Waals surface area contributed by atoms with Crippen molar-refractivity contribution in [1.82, 2.24) is 5.32 Å². The van der Waals surface area contributed by atoms with Crippen LogP contribution in [0.1, 0.15) is 271 Å². The fourth-order valence-electron chi connectivity index (χ4n) is 8.22. The third-order valence-corrected chi connectivity index (χ3v) is 13.4. The molecule has 370 valence electrons. The molecule has 0 fully saturated rings. The number of aliphatic hydroxyl groups excluding tert-OH is 1. The van der Waals surface area contributed by atoms with Crippen molar-refractivity contribution in [3.05, 3.63) is 12.2 Å². The highest BCUT2D eigenvalue weighted by Crippen LogP contribution is 2.38. The predicted molar refractivity (Wildman–Crippen MR) is 266 cm³/mol. The number of carbonyl (C=O) groups excluding carboxylic acids is 1. The molecule has 3 atom stereocenters. The number of rotatable bonds is 50. The van der Waals surface area contributed by atoms with Crippen molar-refractivity contribution < 1.29 is 32.9 Å². The number of allylic oxidation sites excluding steroid dienone is 2. The van der Waals surface area contributed by atoms with E-state index in [1.54, 1.807) is 0 Å². The van der Waals surface area contributed by atoms with Crippen LogP contribution in [-0.2, 0) is 18.4 Å². The van der Waals surface area contributed by atoms with Crippen molar-refractivity contribution in [2.75, 3.05) is 40.9 Å². The molecule has 8 nitrogen and oxygen atoms in total. The van der Waals surface area contributed by atoms with E-state index < -0.39 is 20.0 Å². The summed E-state index contributed by atoms with van der Waals surface area (Å²) >= 11 is 0. The van der Waals surface area contributed by atoms with Crippen LogP contribution < -0.4 is 10.2 Å². The van der Waals surface area contributed by atoms with Crippen molar-refractivity contribution in [2.24, 2.45) is 0 Å². The summed E-state index contributed by atoms with van der Waals surface area (Å²) in [6.07, 6.45) is 54.1. The van der Waals surface area contributed by atoms with Crippen LogP contribution >= 0.6 is 7.82 Å². The van der Waals surface area contributed by atoms with Gasteiger partial charge in [0, 0.05) is 6.42 Å². The molecular formula is C53H107N2O6P. The van der Waals surface area contributed by atoms with Gasteiger partial charge < -0.3 is 28.8 Å². The Labute approximate surface area is 386 Å². The summed E-state index contributed by atoms with van der Waals surface area (Å²) in [6.45, 7) is 4.68. The second kappa shape index (κ2) is 45.4. The zero-order valence-electron chi connectivity index (χ0n) is 42.1. The number of phosphoric ester groups is 1. The van der Waals surface area contributed by atoms with Gasteiger partial charge in [-0.1, -0.05) is 244 Å². The minimum Gasteiger partial charge on any atom is -0.756 e. The second-order valence-corrected chi connectivity index (χ2v) is 21.4. The van der Waals surface area contributed by atoms with Crippen molar-refractivity contribution in [1.29, 1.82) is 0 Å². The highest BCUT2D eigenvalue weighted by Gasteiger charge is 2.24. The first kappa shape index (κ1) is 61.2. The quantitative estimate of drug-likeness (QED) is 0.0272. The van der Waals surface area contributed by atoms with Gasteiger partial charge in [-0.25, -0.2) is 0 Å². The number of aliphatic hydroxyl groups is 1. The third kappa shape index (κ3) is 47.2. The molecule has 0 aromatic rings. The largest absolute Gasteiger partial charge is 0.756 e. The van der Waals surface area contributed by atoms with Crippen molar-refractivity contribution in [3.8, 4) is 0 Å². The van der Waals surface area contributed by atoms with Crippen LogP contribution in [0, 0.1) is 0 Å². The lowest BCUT2D eigenvalue weighted by atomic mass is 10.0. The van der Waals surface area contributed by atoms with E-state index in [0.717, 1.165) is 57.8 Å². The van der Waals surface area contributed by atoms with Gasteiger partial charge in [0.1, 0.15) is 13.2 Å². The number of carbonyl (C=O) groups is 1. The molecule has 0 radical (unpaired) electrons. The number of phosphoric acid groups is 1. The maximum Gasteiger partial charge on any atom is 0.268 e. The van der Waals surface area contributed by atoms with Gasteiger partial charge in [0.15, 0.2) is 0 Å². The molecular weight excluding hydrogens is 792 g/mol. The highest BCUT2D eigenvalue weighted by molar-refractivity contribution is 7.45. The molecule has 2 N–H and O–H groups in total. The van der Waals surface area contributed by atoms with Crippen molar-refractivity contribution in [2.45, 2.75) is 283 Å². The number of hydrogen-bond acceptors (Lipinski definition) is 6. The van der Waals surface area contributed by atoms with Gasteiger partial charge >= 0.3 is 0 Å². The Morgan fingerprint density at radius 1 is 0.548 bits per heavy atom. The number of unbranched alkanes of at least 4 members (excludes halogenated alkanes) is 35. The average molecular weight is 899 g/mol. The fraction of sp³-hybridized carbons (Fsp3) is 0.943. The van der Waals surface area contributed by atoms with Gasteiger partial charge in [0.25, 0.3) is 7.82 Å². The first-order chi connectivity index (χ1) is 30.0. The summed E-state index contributed by atoms with van der Waals surface area (Å²) in [5, 5.41) is 13.9. The van der Waals surface area contributed by atoms with E-state index >= 15 is 0 Å². The summed E-state index contributed by atoms with van der Waals surface area (Å²) in [7, 11) is 1.31. The molecule has 62 heavy (non-hydrogen) atoms. The first-order valence-electron chi connectivity index (χ1n) is 27.0. The average Bonchev–Trinajstić information content (AvgIpc) is 3.23. The standard InChI is InChI=1S/C53H107N2O6P/c1-6-8-10-12-14-16-18-19-20-21-22-23-24-25-26-27-28-29-30-31-32-33-34-35-36-37-38-40-42-44-46-52(56)51(50-61-62(58,59)60-49-48-55(3,4)5)54-53(57)47-45-43-41-39-17-15-13-11-9-7-2/h11,13,51-52,56H,6-10,12,14-50H2,1-5H3,(H-,54,57,58,59)/b13-11-. The lowest BCUT2D eigenvalue weighted by Crippen LogP contribution is -2.46. The molecule has 0 heterocycles. The topological polar surface area (TPSA) is 108 Å². The maximum atomic E-state index is 12.8. The highest BCUT2D eigenvalue weighted by atomic mass is 31.2. The van der Waals surface area contributed by atoms with Crippen LogP contribution in [0.25, 0.3) is 0 Å². The maximum absolute atomic E-state index is 12.8. The smallest absolute Gasteiger partial charge is 0.268 e. The molecule has 3 unspecified atom stereocenters. The summed E-state index contributed by atoms with van der Waals surface area (Å²) in [5.41, 5.74) is 0. The fourth-order valence-corrected chi connectivity index (χ4v) is 8.94. The van der Waals surface area contributed by atoms with Gasteiger partial charge in [0.05, 0.1) is 39.9 Å². The zero-order chi connectivity index (χ0) is 45.7. The Morgan fingerprint density at radius 2 is 0.919 bits per heavy atom. The number of nitrogens with zero attached hydrogens (tertiary/aromatic N) is 1. The number of amides is 1. The van der Waals surface area contributed by atoms with Gasteiger partial charge in [0.2, 0.25) is 5.91 Å². The molecule has 0 bridgehead atoms. The number of quaternary nitrogens is 1. The molecule has 0 saturated heterocycles. The first-order valence-corrected chi connectivity index (χ1v) is 28.5. The van der Waals surface area contributed by atoms with E-state index in [9.17, 15) is 19.4 Å². The number of likely N-dealkylation sites (N-methyl/N-ethyl adjacent to an activating group) is 1. The van der Waals surface area contributed by atoms with E-state index in [2.05, 4.69) is 31.3 Å². The Bertz CT molecular complexity index is 1020. The van der Waals surface area contributed by atoms with Crippen LogP contribution in [0.3, 0.4) is 0 Å². The van der Waals surface area contributed by atoms with Gasteiger partial charge in [-0.15, -0.1) is 0 Å². The van der Waals surface area contributed by atoms with E-state index in [0.29, 0.717) is 23.9 Å². The van der Waals surface area contributed by atoms with Crippen molar-refractivity contribution >= 4 is 13.7 Å². The molecule has 0 rings (SSSR count). The molecule has 0 aromatic heterocycles. The number of nitrogens with one attached hydrogen (secondary N) is 1. The second-order valence-electron chi connectivity index (χ2n) is 19.9. The summed E-state index contributed by atoms with van der Waals surface area (Å²) in [5.74, 6) is -0.174. The SMILES string of the molecule is CCC/C=C\CCCCCCCC(=O)NC(COP(=O)([O-])OCC[N+](C)(C)C)C(O)CCCCCCCCCCCCCCCCCCCCCCCCCCCCCCCC. The lowest BCUT2D eigenvalue weighted by Gasteiger charge is -2.30. The van der Waals surface area contributed by atoms with Crippen LogP contribution in [0.15, 0.2) is 12.2 Å². The Kier molecular flexibility index (Phi) is 44.8. The summed E-state index contributed by atoms with van der Waals surface area (Å²) in [4.78, 5) is 25.3. The van der Waals surface area contributed by atoms with Crippen LogP contribution in [0.2, 0.25) is 0 Å². The van der Waals surface area contributed by atoms with E-state index in [1.165, 1.54) is 186 Å². The molecule has 0 aromatic carbocycles. The summed E-state index contributed by atoms with van der Waals surface area (Å²) in [6, 6.07) is -0.801. The van der Waals surface area contributed by atoms with Gasteiger partial charge in [-0.05, 0) is 32.1 Å². The Balaban J connectivity index is 3.97. The normalized spacial score (nSPS) is 14.1. The van der Waals surface area contributed by atoms with Gasteiger partial charge in [-0.3, -0.25) is 9.36 Å². The Morgan fingerprint density at radius 3 is 1.32 bits per heavy atom. The summed E-state index contributed by atoms with van der Waals surface area (Å²) < 4.78 is 23.3. The molecule has 9 heteroatoms. The monoisotopic (exact) mass is 899 g/mol. The van der Waals surface area contributed by atoms with Crippen LogP contribution in [-0.4, -0.2) is 68.5 Å². The molecule has 1 amide bonds. The van der Waals surface area contributed by atoms with Gasteiger partial charge in [-0.2, -0.15) is 0 Å². The molecule has 0 saturated carbocycles.